The third kappa shape index (κ3) is 5.21. The lowest BCUT2D eigenvalue weighted by atomic mass is 10.2. The Labute approximate surface area is 108 Å². The highest BCUT2D eigenvalue weighted by molar-refractivity contribution is 5.90. The molecule has 0 saturated carbocycles. The number of nitrogens with zero attached hydrogens (tertiary/aromatic N) is 1. The number of hydrogen-bond donors (Lipinski definition) is 0. The number of hydrogen-bond acceptors (Lipinski definition) is 4. The van der Waals surface area contributed by atoms with Crippen molar-refractivity contribution < 1.29 is 14.3 Å². The van der Waals surface area contributed by atoms with Gasteiger partial charge in [-0.2, -0.15) is 0 Å². The van der Waals surface area contributed by atoms with E-state index in [0.717, 1.165) is 6.54 Å². The van der Waals surface area contributed by atoms with Crippen LogP contribution in [0.15, 0.2) is 30.3 Å². The van der Waals surface area contributed by atoms with Crippen LogP contribution in [0.4, 0.5) is 0 Å². The quantitative estimate of drug-likeness (QED) is 0.399. The molecule has 0 saturated heterocycles. The number of ketones is 1. The van der Waals surface area contributed by atoms with Gasteiger partial charge in [-0.05, 0) is 19.5 Å². The molecule has 1 unspecified atom stereocenters. The third-order valence-electron chi connectivity index (χ3n) is 2.69. The highest BCUT2D eigenvalue weighted by atomic mass is 16.5. The second-order valence-electron chi connectivity index (χ2n) is 4.22. The van der Waals surface area contributed by atoms with E-state index in [9.17, 15) is 9.59 Å². The molecule has 1 rings (SSSR count). The van der Waals surface area contributed by atoms with Crippen molar-refractivity contribution in [1.82, 2.24) is 4.90 Å². The first kappa shape index (κ1) is 14.5. The lowest BCUT2D eigenvalue weighted by Crippen LogP contribution is -2.32. The second kappa shape index (κ2) is 7.74. The lowest BCUT2D eigenvalue weighted by molar-refractivity contribution is -0.131. The normalized spacial score (nSPS) is 12.4. The van der Waals surface area contributed by atoms with Gasteiger partial charge in [-0.15, -0.1) is 0 Å². The van der Waals surface area contributed by atoms with Gasteiger partial charge in [0.25, 0.3) is 0 Å². The Kier molecular flexibility index (Phi) is 6.25. The molecule has 18 heavy (non-hydrogen) atoms. The molecule has 1 atom stereocenters. The minimum Gasteiger partial charge on any atom is -0.356 e. The molecule has 0 amide bonds. The van der Waals surface area contributed by atoms with Crippen molar-refractivity contribution in [2.45, 2.75) is 26.1 Å². The Balaban J connectivity index is 2.35. The summed E-state index contributed by atoms with van der Waals surface area (Å²) >= 11 is 0. The van der Waals surface area contributed by atoms with E-state index in [0.29, 0.717) is 6.29 Å². The molecule has 0 aliphatic rings. The van der Waals surface area contributed by atoms with E-state index in [2.05, 4.69) is 0 Å². The number of ether oxygens (including phenoxy) is 1. The first-order valence-electron chi connectivity index (χ1n) is 5.94. The Morgan fingerprint density at radius 1 is 1.39 bits per heavy atom. The molecule has 4 heteroatoms. The van der Waals surface area contributed by atoms with Crippen molar-refractivity contribution in [3.63, 3.8) is 0 Å². The number of carbonyl (C=O) groups is 2. The minimum absolute atomic E-state index is 0.0148. The highest BCUT2D eigenvalue weighted by Gasteiger charge is 2.11. The van der Waals surface area contributed by atoms with Gasteiger partial charge in [0.05, 0.1) is 6.42 Å². The van der Waals surface area contributed by atoms with Crippen LogP contribution in [0, 0.1) is 0 Å². The number of rotatable bonds is 8. The van der Waals surface area contributed by atoms with Gasteiger partial charge in [0.15, 0.2) is 5.78 Å². The van der Waals surface area contributed by atoms with Gasteiger partial charge >= 0.3 is 0 Å². The van der Waals surface area contributed by atoms with Gasteiger partial charge < -0.3 is 9.53 Å². The largest absolute Gasteiger partial charge is 0.356 e. The molecule has 0 spiro atoms. The molecule has 0 fully saturated rings. The summed E-state index contributed by atoms with van der Waals surface area (Å²) in [4.78, 5) is 23.3. The van der Waals surface area contributed by atoms with Gasteiger partial charge in [0.1, 0.15) is 19.1 Å². The van der Waals surface area contributed by atoms with Crippen LogP contribution in [0.1, 0.15) is 18.9 Å². The summed E-state index contributed by atoms with van der Waals surface area (Å²) in [5.41, 5.74) is 1.19. The van der Waals surface area contributed by atoms with Gasteiger partial charge in [-0.1, -0.05) is 30.3 Å². The summed E-state index contributed by atoms with van der Waals surface area (Å²) < 4.78 is 5.41. The van der Waals surface area contributed by atoms with Crippen molar-refractivity contribution in [2.24, 2.45) is 0 Å². The Bertz CT molecular complexity index is 378. The summed E-state index contributed by atoms with van der Waals surface area (Å²) in [6.07, 6.45) is 0.361. The fraction of sp³-hybridized carbons (Fsp3) is 0.429. The van der Waals surface area contributed by atoms with Crippen LogP contribution in [-0.4, -0.2) is 36.9 Å². The maximum Gasteiger partial charge on any atom is 0.165 e. The van der Waals surface area contributed by atoms with Crippen LogP contribution >= 0.6 is 0 Å². The van der Waals surface area contributed by atoms with E-state index < -0.39 is 0 Å². The van der Waals surface area contributed by atoms with Gasteiger partial charge in [-0.25, -0.2) is 0 Å². The molecule has 0 aliphatic carbocycles. The van der Waals surface area contributed by atoms with E-state index in [1.165, 1.54) is 5.56 Å². The fourth-order valence-electron chi connectivity index (χ4n) is 1.49. The molecular weight excluding hydrogens is 230 g/mol. The summed E-state index contributed by atoms with van der Waals surface area (Å²) in [5.74, 6) is -0.190. The number of benzene rings is 1. The summed E-state index contributed by atoms with van der Waals surface area (Å²) in [6, 6.07) is 10.0. The Morgan fingerprint density at radius 2 is 2.06 bits per heavy atom. The molecule has 0 aromatic heterocycles. The molecule has 0 aliphatic heterocycles. The second-order valence-corrected chi connectivity index (χ2v) is 4.22. The zero-order chi connectivity index (χ0) is 13.4. The van der Waals surface area contributed by atoms with Crippen LogP contribution in [0.3, 0.4) is 0 Å². The maximum atomic E-state index is 11.2. The average molecular weight is 249 g/mol. The smallest absolute Gasteiger partial charge is 0.165 e. The van der Waals surface area contributed by atoms with Crippen LogP contribution in [0.5, 0.6) is 0 Å². The number of aldehydes is 1. The van der Waals surface area contributed by atoms with E-state index in [-0.39, 0.29) is 25.0 Å². The van der Waals surface area contributed by atoms with Gasteiger partial charge in [0, 0.05) is 6.54 Å². The van der Waals surface area contributed by atoms with E-state index in [1.54, 1.807) is 0 Å². The zero-order valence-electron chi connectivity index (χ0n) is 10.8. The van der Waals surface area contributed by atoms with Crippen molar-refractivity contribution in [1.29, 1.82) is 0 Å². The van der Waals surface area contributed by atoms with Crippen LogP contribution in [0.25, 0.3) is 0 Å². The predicted octanol–water partition coefficient (Wildman–Crippen LogP) is 1.64. The molecule has 1 aromatic carbocycles. The van der Waals surface area contributed by atoms with Crippen LogP contribution < -0.4 is 0 Å². The van der Waals surface area contributed by atoms with Crippen molar-refractivity contribution in [3.8, 4) is 0 Å². The lowest BCUT2D eigenvalue weighted by Gasteiger charge is -2.24. The highest BCUT2D eigenvalue weighted by Crippen LogP contribution is 2.06. The van der Waals surface area contributed by atoms with Crippen molar-refractivity contribution in [2.75, 3.05) is 13.7 Å². The Hall–Kier alpha value is -1.52. The molecule has 4 nitrogen and oxygen atoms in total. The molecular formula is C14H19NO3. The first-order chi connectivity index (χ1) is 8.63. The average Bonchev–Trinajstić information content (AvgIpc) is 2.37. The maximum absolute atomic E-state index is 11.2. The number of carbonyl (C=O) groups excluding carboxylic acids is 2. The standard InChI is InChI=1S/C14H19NO3/c1-12(18-11-14(17)8-9-16)15(2)10-13-6-4-3-5-7-13/h3-7,9,12H,8,10-11H2,1-2H3. The predicted molar refractivity (Wildman–Crippen MR) is 69.0 cm³/mol. The third-order valence-corrected chi connectivity index (χ3v) is 2.69. The molecule has 98 valence electrons. The molecule has 0 heterocycles. The molecule has 0 bridgehead atoms. The van der Waals surface area contributed by atoms with Gasteiger partial charge in [-0.3, -0.25) is 9.69 Å². The first-order valence-corrected chi connectivity index (χ1v) is 5.94. The fourth-order valence-corrected chi connectivity index (χ4v) is 1.49. The summed E-state index contributed by atoms with van der Waals surface area (Å²) in [5, 5.41) is 0. The zero-order valence-corrected chi connectivity index (χ0v) is 10.8. The molecule has 0 radical (unpaired) electrons. The van der Waals surface area contributed by atoms with Crippen molar-refractivity contribution >= 4 is 12.1 Å². The monoisotopic (exact) mass is 249 g/mol. The molecule has 1 aromatic rings. The van der Waals surface area contributed by atoms with Crippen molar-refractivity contribution in [3.05, 3.63) is 35.9 Å². The Morgan fingerprint density at radius 3 is 2.67 bits per heavy atom. The van der Waals surface area contributed by atoms with E-state index in [4.69, 9.17) is 4.74 Å². The molecule has 0 N–H and O–H groups in total. The topological polar surface area (TPSA) is 46.6 Å². The minimum atomic E-state index is -0.190. The SMILES string of the molecule is CC(OCC(=O)CC=O)N(C)Cc1ccccc1. The van der Waals surface area contributed by atoms with Crippen LogP contribution in [-0.2, 0) is 20.9 Å². The summed E-state index contributed by atoms with van der Waals surface area (Å²) in [6.45, 7) is 2.63. The van der Waals surface area contributed by atoms with Gasteiger partial charge in [0.2, 0.25) is 0 Å². The summed E-state index contributed by atoms with van der Waals surface area (Å²) in [7, 11) is 1.93. The van der Waals surface area contributed by atoms with E-state index in [1.807, 2.05) is 49.2 Å². The number of Topliss-reactive ketones (excluding diaryl/α,β-unsaturated/α-hetero) is 1. The van der Waals surface area contributed by atoms with Crippen LogP contribution in [0.2, 0.25) is 0 Å². The van der Waals surface area contributed by atoms with E-state index >= 15 is 0 Å².